The van der Waals surface area contributed by atoms with E-state index >= 15 is 0 Å². The summed E-state index contributed by atoms with van der Waals surface area (Å²) in [5.74, 6) is -1.04. The molecule has 2 aromatic rings. The quantitative estimate of drug-likeness (QED) is 0.568. The van der Waals surface area contributed by atoms with E-state index in [1.807, 2.05) is 0 Å². The van der Waals surface area contributed by atoms with E-state index in [0.29, 0.717) is 11.3 Å². The molecule has 29 heavy (non-hydrogen) atoms. The highest BCUT2D eigenvalue weighted by Crippen LogP contribution is 2.18. The number of nitrogens with one attached hydrogen (secondary N) is 2. The van der Waals surface area contributed by atoms with Gasteiger partial charge in [0, 0.05) is 11.7 Å². The Morgan fingerprint density at radius 1 is 1.03 bits per heavy atom. The van der Waals surface area contributed by atoms with E-state index in [2.05, 4.69) is 10.6 Å². The van der Waals surface area contributed by atoms with Crippen molar-refractivity contribution < 1.29 is 23.5 Å². The summed E-state index contributed by atoms with van der Waals surface area (Å²) in [5.41, 5.74) is 0.817. The van der Waals surface area contributed by atoms with Crippen molar-refractivity contribution in [3.8, 4) is 0 Å². The van der Waals surface area contributed by atoms with Crippen LogP contribution in [-0.2, 0) is 9.53 Å². The highest BCUT2D eigenvalue weighted by Gasteiger charge is 2.22. The van der Waals surface area contributed by atoms with Crippen LogP contribution in [0.2, 0.25) is 0 Å². The largest absolute Gasteiger partial charge is 0.459 e. The number of furan rings is 1. The van der Waals surface area contributed by atoms with Gasteiger partial charge in [-0.25, -0.2) is 4.79 Å². The number of benzene rings is 1. The molecule has 7 nitrogen and oxygen atoms in total. The predicted molar refractivity (Wildman–Crippen MR) is 108 cm³/mol. The Morgan fingerprint density at radius 2 is 1.72 bits per heavy atom. The number of hydrogen-bond acceptors (Lipinski definition) is 5. The number of anilines is 1. The van der Waals surface area contributed by atoms with Crippen LogP contribution in [0.5, 0.6) is 0 Å². The van der Waals surface area contributed by atoms with Crippen molar-refractivity contribution in [2.24, 2.45) is 0 Å². The van der Waals surface area contributed by atoms with E-state index in [9.17, 15) is 14.4 Å². The summed E-state index contributed by atoms with van der Waals surface area (Å²) in [6, 6.07) is 9.60. The van der Waals surface area contributed by atoms with Crippen LogP contribution in [0.1, 0.15) is 66.4 Å². The fourth-order valence-electron chi connectivity index (χ4n) is 3.31. The van der Waals surface area contributed by atoms with E-state index in [4.69, 9.17) is 9.15 Å². The van der Waals surface area contributed by atoms with E-state index in [-0.39, 0.29) is 23.6 Å². The fourth-order valence-corrected chi connectivity index (χ4v) is 3.31. The molecule has 1 aliphatic rings. The Kier molecular flexibility index (Phi) is 7.05. The Morgan fingerprint density at radius 3 is 2.34 bits per heavy atom. The van der Waals surface area contributed by atoms with Crippen LogP contribution in [0, 0.1) is 0 Å². The Bertz CT molecular complexity index is 821. The first-order valence-corrected chi connectivity index (χ1v) is 9.99. The van der Waals surface area contributed by atoms with Gasteiger partial charge in [-0.2, -0.15) is 0 Å². The molecule has 1 atom stereocenters. The van der Waals surface area contributed by atoms with Gasteiger partial charge in [0.15, 0.2) is 11.9 Å². The minimum absolute atomic E-state index is 0.156. The summed E-state index contributed by atoms with van der Waals surface area (Å²) in [6.07, 6.45) is 7.12. The standard InChI is InChI=1S/C22H26N2O5/c1-15(20(25)23-17-7-4-2-3-5-8-17)29-22(27)16-10-12-18(13-11-16)24-21(26)19-9-6-14-28-19/h6,9-15,17H,2-5,7-8H2,1H3,(H,23,25)(H,24,26)/t15-/m0/s1. The summed E-state index contributed by atoms with van der Waals surface area (Å²) >= 11 is 0. The van der Waals surface area contributed by atoms with Gasteiger partial charge in [0.25, 0.3) is 11.8 Å². The average Bonchev–Trinajstić information content (AvgIpc) is 3.14. The fraction of sp³-hybridized carbons (Fsp3) is 0.409. The lowest BCUT2D eigenvalue weighted by molar-refractivity contribution is -0.129. The first-order valence-electron chi connectivity index (χ1n) is 9.99. The molecule has 1 fully saturated rings. The van der Waals surface area contributed by atoms with Crippen LogP contribution in [0.4, 0.5) is 5.69 Å². The number of carbonyl (C=O) groups is 3. The molecule has 1 heterocycles. The summed E-state index contributed by atoms with van der Waals surface area (Å²) in [4.78, 5) is 36.6. The molecule has 154 valence electrons. The van der Waals surface area contributed by atoms with Gasteiger partial charge < -0.3 is 19.8 Å². The van der Waals surface area contributed by atoms with Crippen molar-refractivity contribution in [3.63, 3.8) is 0 Å². The molecule has 0 unspecified atom stereocenters. The first kappa shape index (κ1) is 20.6. The lowest BCUT2D eigenvalue weighted by Crippen LogP contribution is -2.41. The van der Waals surface area contributed by atoms with Gasteiger partial charge in [0.2, 0.25) is 0 Å². The molecule has 1 aromatic heterocycles. The van der Waals surface area contributed by atoms with Gasteiger partial charge in [-0.1, -0.05) is 25.7 Å². The minimum Gasteiger partial charge on any atom is -0.459 e. The second-order valence-electron chi connectivity index (χ2n) is 7.25. The zero-order valence-corrected chi connectivity index (χ0v) is 16.5. The number of carbonyl (C=O) groups excluding carboxylic acids is 3. The summed E-state index contributed by atoms with van der Waals surface area (Å²) in [6.45, 7) is 1.57. The van der Waals surface area contributed by atoms with Gasteiger partial charge in [-0.15, -0.1) is 0 Å². The zero-order valence-electron chi connectivity index (χ0n) is 16.5. The smallest absolute Gasteiger partial charge is 0.338 e. The van der Waals surface area contributed by atoms with Crippen LogP contribution < -0.4 is 10.6 Å². The molecule has 0 radical (unpaired) electrons. The number of esters is 1. The number of rotatable bonds is 6. The Labute approximate surface area is 169 Å². The molecule has 3 rings (SSSR count). The van der Waals surface area contributed by atoms with Gasteiger partial charge in [0.1, 0.15) is 0 Å². The Hall–Kier alpha value is -3.09. The van der Waals surface area contributed by atoms with E-state index in [0.717, 1.165) is 25.7 Å². The maximum Gasteiger partial charge on any atom is 0.338 e. The third-order valence-corrected chi connectivity index (χ3v) is 4.98. The van der Waals surface area contributed by atoms with Crippen molar-refractivity contribution in [1.29, 1.82) is 0 Å². The minimum atomic E-state index is -0.871. The predicted octanol–water partition coefficient (Wildman–Crippen LogP) is 3.92. The lowest BCUT2D eigenvalue weighted by Gasteiger charge is -2.19. The van der Waals surface area contributed by atoms with Crippen molar-refractivity contribution in [2.45, 2.75) is 57.6 Å². The second-order valence-corrected chi connectivity index (χ2v) is 7.25. The highest BCUT2D eigenvalue weighted by molar-refractivity contribution is 6.02. The molecule has 0 saturated heterocycles. The van der Waals surface area contributed by atoms with Crippen LogP contribution in [0.15, 0.2) is 47.1 Å². The molecule has 0 aliphatic heterocycles. The van der Waals surface area contributed by atoms with Gasteiger partial charge in [0.05, 0.1) is 11.8 Å². The van der Waals surface area contributed by atoms with Crippen molar-refractivity contribution in [1.82, 2.24) is 5.32 Å². The summed E-state index contributed by atoms with van der Waals surface area (Å²) in [7, 11) is 0. The van der Waals surface area contributed by atoms with Crippen molar-refractivity contribution in [2.75, 3.05) is 5.32 Å². The third-order valence-electron chi connectivity index (χ3n) is 4.98. The monoisotopic (exact) mass is 398 g/mol. The molecule has 2 N–H and O–H groups in total. The maximum atomic E-state index is 12.3. The van der Waals surface area contributed by atoms with Crippen molar-refractivity contribution in [3.05, 3.63) is 54.0 Å². The van der Waals surface area contributed by atoms with E-state index in [1.165, 1.54) is 31.2 Å². The van der Waals surface area contributed by atoms with Gasteiger partial charge in [-0.3, -0.25) is 9.59 Å². The normalized spacial score (nSPS) is 15.8. The molecule has 1 saturated carbocycles. The highest BCUT2D eigenvalue weighted by atomic mass is 16.5. The summed E-state index contributed by atoms with van der Waals surface area (Å²) in [5, 5.41) is 5.66. The molecule has 1 aromatic carbocycles. The average molecular weight is 398 g/mol. The van der Waals surface area contributed by atoms with Crippen LogP contribution in [0.25, 0.3) is 0 Å². The number of amides is 2. The first-order chi connectivity index (χ1) is 14.0. The molecule has 0 bridgehead atoms. The molecule has 0 spiro atoms. The molecule has 1 aliphatic carbocycles. The topological polar surface area (TPSA) is 97.6 Å². The second kappa shape index (κ2) is 9.91. The van der Waals surface area contributed by atoms with Crippen LogP contribution in [0.3, 0.4) is 0 Å². The SMILES string of the molecule is C[C@H](OC(=O)c1ccc(NC(=O)c2ccco2)cc1)C(=O)NC1CCCCCC1. The van der Waals surface area contributed by atoms with Gasteiger partial charge >= 0.3 is 5.97 Å². The molecular formula is C22H26N2O5. The molecule has 2 amide bonds. The van der Waals surface area contributed by atoms with Crippen LogP contribution in [-0.4, -0.2) is 29.9 Å². The maximum absolute atomic E-state index is 12.3. The van der Waals surface area contributed by atoms with Gasteiger partial charge in [-0.05, 0) is 56.2 Å². The molecular weight excluding hydrogens is 372 g/mol. The molecule has 7 heteroatoms. The zero-order chi connectivity index (χ0) is 20.6. The van der Waals surface area contributed by atoms with Crippen LogP contribution >= 0.6 is 0 Å². The lowest BCUT2D eigenvalue weighted by atomic mass is 10.1. The third kappa shape index (κ3) is 5.94. The summed E-state index contributed by atoms with van der Waals surface area (Å²) < 4.78 is 10.3. The van der Waals surface area contributed by atoms with E-state index < -0.39 is 12.1 Å². The van der Waals surface area contributed by atoms with E-state index in [1.54, 1.807) is 31.2 Å². The number of ether oxygens (including phenoxy) is 1. The van der Waals surface area contributed by atoms with Crippen molar-refractivity contribution >= 4 is 23.5 Å². The Balaban J connectivity index is 1.50. The number of hydrogen-bond donors (Lipinski definition) is 2.